The summed E-state index contributed by atoms with van der Waals surface area (Å²) in [5, 5.41) is 3.83. The number of hydrogen-bond acceptors (Lipinski definition) is 3. The Hall–Kier alpha value is -0.580. The molecule has 1 atom stereocenters. The summed E-state index contributed by atoms with van der Waals surface area (Å²) < 4.78 is 22.4. The van der Waals surface area contributed by atoms with Crippen LogP contribution in [-0.4, -0.2) is 34.0 Å². The van der Waals surface area contributed by atoms with Crippen LogP contribution in [0.5, 0.6) is 0 Å². The van der Waals surface area contributed by atoms with Crippen LogP contribution >= 0.6 is 11.6 Å². The minimum absolute atomic E-state index is 0.236. The van der Waals surface area contributed by atoms with E-state index in [0.29, 0.717) is 12.3 Å². The van der Waals surface area contributed by atoms with Gasteiger partial charge in [0.15, 0.2) is 0 Å². The van der Waals surface area contributed by atoms with Crippen LogP contribution in [0.1, 0.15) is 12.0 Å². The minimum atomic E-state index is -2.89. The third-order valence-corrected chi connectivity index (χ3v) is 4.02. The number of benzene rings is 1. The fourth-order valence-corrected chi connectivity index (χ4v) is 2.92. The highest BCUT2D eigenvalue weighted by atomic mass is 35.5. The molecule has 1 N–H and O–H groups in total. The molecule has 5 heteroatoms. The van der Waals surface area contributed by atoms with E-state index in [-0.39, 0.29) is 5.75 Å². The molecular weight excluding hydrogens is 270 g/mol. The SMILES string of the molecule is CNCC(CCS(C)(=O)=O)Cc1cccc(Cl)c1. The van der Waals surface area contributed by atoms with Gasteiger partial charge in [-0.1, -0.05) is 23.7 Å². The second-order valence-corrected chi connectivity index (χ2v) is 7.37. The van der Waals surface area contributed by atoms with Gasteiger partial charge in [-0.3, -0.25) is 0 Å². The van der Waals surface area contributed by atoms with E-state index in [2.05, 4.69) is 5.32 Å². The molecule has 0 aliphatic carbocycles. The second kappa shape index (κ2) is 7.12. The molecule has 1 rings (SSSR count). The number of rotatable bonds is 7. The lowest BCUT2D eigenvalue weighted by Gasteiger charge is -2.16. The quantitative estimate of drug-likeness (QED) is 0.837. The van der Waals surface area contributed by atoms with Crippen LogP contribution in [0.2, 0.25) is 5.02 Å². The third kappa shape index (κ3) is 6.38. The molecule has 3 nitrogen and oxygen atoms in total. The molecule has 102 valence electrons. The number of nitrogens with one attached hydrogen (secondary N) is 1. The number of hydrogen-bond donors (Lipinski definition) is 1. The van der Waals surface area contributed by atoms with Gasteiger partial charge in [0.05, 0.1) is 5.75 Å². The molecule has 0 radical (unpaired) electrons. The van der Waals surface area contributed by atoms with Crippen LogP contribution in [0, 0.1) is 5.92 Å². The lowest BCUT2D eigenvalue weighted by atomic mass is 9.97. The molecule has 1 unspecified atom stereocenters. The zero-order valence-corrected chi connectivity index (χ0v) is 12.4. The van der Waals surface area contributed by atoms with Gasteiger partial charge in [0.2, 0.25) is 0 Å². The second-order valence-electron chi connectivity index (χ2n) is 4.68. The van der Waals surface area contributed by atoms with Crippen molar-refractivity contribution in [2.75, 3.05) is 25.6 Å². The van der Waals surface area contributed by atoms with Crippen molar-refractivity contribution in [1.82, 2.24) is 5.32 Å². The van der Waals surface area contributed by atoms with Gasteiger partial charge in [-0.15, -0.1) is 0 Å². The van der Waals surface area contributed by atoms with Crippen molar-refractivity contribution in [2.45, 2.75) is 12.8 Å². The van der Waals surface area contributed by atoms with E-state index in [1.165, 1.54) is 6.26 Å². The van der Waals surface area contributed by atoms with Crippen LogP contribution in [0.15, 0.2) is 24.3 Å². The van der Waals surface area contributed by atoms with E-state index in [9.17, 15) is 8.42 Å². The first-order valence-corrected chi connectivity index (χ1v) is 8.41. The van der Waals surface area contributed by atoms with Crippen LogP contribution in [0.25, 0.3) is 0 Å². The Morgan fingerprint density at radius 2 is 2.11 bits per heavy atom. The molecule has 0 amide bonds. The van der Waals surface area contributed by atoms with Crippen LogP contribution in [0.3, 0.4) is 0 Å². The molecule has 0 fully saturated rings. The molecule has 18 heavy (non-hydrogen) atoms. The van der Waals surface area contributed by atoms with E-state index >= 15 is 0 Å². The van der Waals surface area contributed by atoms with Crippen LogP contribution in [0.4, 0.5) is 0 Å². The summed E-state index contributed by atoms with van der Waals surface area (Å²) in [6, 6.07) is 7.72. The van der Waals surface area contributed by atoms with Gasteiger partial charge in [0, 0.05) is 11.3 Å². The van der Waals surface area contributed by atoms with Crippen molar-refractivity contribution >= 4 is 21.4 Å². The van der Waals surface area contributed by atoms with Crippen molar-refractivity contribution in [3.05, 3.63) is 34.9 Å². The lowest BCUT2D eigenvalue weighted by Crippen LogP contribution is -2.23. The maximum atomic E-state index is 11.2. The van der Waals surface area contributed by atoms with Gasteiger partial charge in [0.1, 0.15) is 9.84 Å². The van der Waals surface area contributed by atoms with Crippen molar-refractivity contribution in [2.24, 2.45) is 5.92 Å². The Morgan fingerprint density at radius 3 is 2.67 bits per heavy atom. The van der Waals surface area contributed by atoms with Gasteiger partial charge in [-0.25, -0.2) is 8.42 Å². The third-order valence-electron chi connectivity index (χ3n) is 2.80. The highest BCUT2D eigenvalue weighted by Gasteiger charge is 2.12. The summed E-state index contributed by atoms with van der Waals surface area (Å²) in [6.45, 7) is 0.808. The zero-order chi connectivity index (χ0) is 13.6. The van der Waals surface area contributed by atoms with Gasteiger partial charge >= 0.3 is 0 Å². The van der Waals surface area contributed by atoms with Gasteiger partial charge in [-0.05, 0) is 50.0 Å². The molecule has 0 aliphatic heterocycles. The zero-order valence-electron chi connectivity index (χ0n) is 10.8. The Balaban J connectivity index is 2.62. The largest absolute Gasteiger partial charge is 0.319 e. The first kappa shape index (κ1) is 15.5. The predicted octanol–water partition coefficient (Wildman–Crippen LogP) is 2.15. The van der Waals surface area contributed by atoms with Crippen molar-refractivity contribution < 1.29 is 8.42 Å². The molecule has 1 aromatic rings. The summed E-state index contributed by atoms with van der Waals surface area (Å²) >= 11 is 5.94. The van der Waals surface area contributed by atoms with Gasteiger partial charge < -0.3 is 5.32 Å². The highest BCUT2D eigenvalue weighted by Crippen LogP contribution is 2.16. The minimum Gasteiger partial charge on any atom is -0.319 e. The summed E-state index contributed by atoms with van der Waals surface area (Å²) in [4.78, 5) is 0. The Labute approximate surface area is 114 Å². The van der Waals surface area contributed by atoms with Crippen molar-refractivity contribution in [3.63, 3.8) is 0 Å². The van der Waals surface area contributed by atoms with E-state index < -0.39 is 9.84 Å². The Kier molecular flexibility index (Phi) is 6.12. The Bertz CT molecular complexity index is 474. The fraction of sp³-hybridized carbons (Fsp3) is 0.538. The topological polar surface area (TPSA) is 46.2 Å². The van der Waals surface area contributed by atoms with Crippen molar-refractivity contribution in [1.29, 1.82) is 0 Å². The summed E-state index contributed by atoms with van der Waals surface area (Å²) in [7, 11) is -1.01. The highest BCUT2D eigenvalue weighted by molar-refractivity contribution is 7.90. The van der Waals surface area contributed by atoms with Crippen LogP contribution < -0.4 is 5.32 Å². The average molecular weight is 290 g/mol. The van der Waals surface area contributed by atoms with Crippen LogP contribution in [-0.2, 0) is 16.3 Å². The monoisotopic (exact) mass is 289 g/mol. The fourth-order valence-electron chi connectivity index (χ4n) is 1.94. The molecule has 0 aliphatic rings. The molecule has 0 aromatic heterocycles. The van der Waals surface area contributed by atoms with Crippen molar-refractivity contribution in [3.8, 4) is 0 Å². The van der Waals surface area contributed by atoms with E-state index in [0.717, 1.165) is 23.6 Å². The first-order chi connectivity index (χ1) is 8.40. The smallest absolute Gasteiger partial charge is 0.147 e. The average Bonchev–Trinajstić information content (AvgIpc) is 2.25. The number of halogens is 1. The molecule has 0 saturated heterocycles. The lowest BCUT2D eigenvalue weighted by molar-refractivity contribution is 0.478. The maximum absolute atomic E-state index is 11.2. The summed E-state index contributed by atoms with van der Waals surface area (Å²) in [6.07, 6.45) is 2.80. The van der Waals surface area contributed by atoms with Gasteiger partial charge in [-0.2, -0.15) is 0 Å². The van der Waals surface area contributed by atoms with Gasteiger partial charge in [0.25, 0.3) is 0 Å². The Morgan fingerprint density at radius 1 is 1.39 bits per heavy atom. The molecule has 0 saturated carbocycles. The standard InChI is InChI=1S/C13H20ClNO2S/c1-15-10-12(6-7-18(2,16)17)8-11-4-3-5-13(14)9-11/h3-5,9,12,15H,6-8,10H2,1-2H3. The maximum Gasteiger partial charge on any atom is 0.147 e. The molecule has 1 aromatic carbocycles. The predicted molar refractivity (Wildman–Crippen MR) is 76.9 cm³/mol. The summed E-state index contributed by atoms with van der Waals surface area (Å²) in [5.41, 5.74) is 1.15. The molecule has 0 heterocycles. The van der Waals surface area contributed by atoms with E-state index in [1.54, 1.807) is 0 Å². The molecule has 0 bridgehead atoms. The normalized spacial score (nSPS) is 13.5. The molecule has 0 spiro atoms. The van der Waals surface area contributed by atoms with E-state index in [4.69, 9.17) is 11.6 Å². The van der Waals surface area contributed by atoms with E-state index in [1.807, 2.05) is 31.3 Å². The molecular formula is C13H20ClNO2S. The number of sulfone groups is 1. The summed E-state index contributed by atoms with van der Waals surface area (Å²) in [5.74, 6) is 0.545. The first-order valence-electron chi connectivity index (χ1n) is 5.97.